The van der Waals surface area contributed by atoms with Crippen LogP contribution >= 0.6 is 0 Å². The van der Waals surface area contributed by atoms with Crippen molar-refractivity contribution in [2.24, 2.45) is 0 Å². The third-order valence-electron chi connectivity index (χ3n) is 7.89. The zero-order valence-electron chi connectivity index (χ0n) is 23.8. The van der Waals surface area contributed by atoms with E-state index in [-0.39, 0.29) is 17.5 Å². The Morgan fingerprint density at radius 2 is 1.91 bits per heavy atom. The lowest BCUT2D eigenvalue weighted by Crippen LogP contribution is -2.46. The van der Waals surface area contributed by atoms with E-state index in [1.807, 2.05) is 18.2 Å². The van der Waals surface area contributed by atoms with Gasteiger partial charge in [-0.2, -0.15) is 0 Å². The molecule has 4 aromatic rings. The highest BCUT2D eigenvalue weighted by molar-refractivity contribution is 6.04. The maximum Gasteiger partial charge on any atom is 0.258 e. The van der Waals surface area contributed by atoms with Crippen LogP contribution in [0.5, 0.6) is 0 Å². The summed E-state index contributed by atoms with van der Waals surface area (Å²) in [5.41, 5.74) is 3.92. The summed E-state index contributed by atoms with van der Waals surface area (Å²) < 4.78 is 20.2. The number of ether oxygens (including phenoxy) is 1. The molecule has 1 atom stereocenters. The summed E-state index contributed by atoms with van der Waals surface area (Å²) in [7, 11) is 0. The minimum atomic E-state index is -0.581. The van der Waals surface area contributed by atoms with Crippen LogP contribution in [0.3, 0.4) is 0 Å². The molecule has 0 saturated carbocycles. The molecule has 0 bridgehead atoms. The number of carbonyl (C=O) groups is 2. The van der Waals surface area contributed by atoms with Crippen molar-refractivity contribution in [1.29, 1.82) is 0 Å². The fourth-order valence-corrected chi connectivity index (χ4v) is 5.72. The van der Waals surface area contributed by atoms with Crippen LogP contribution in [0.1, 0.15) is 28.8 Å². The summed E-state index contributed by atoms with van der Waals surface area (Å²) in [6.45, 7) is 8.50. The van der Waals surface area contributed by atoms with Gasteiger partial charge in [0.2, 0.25) is 5.91 Å². The molecule has 2 aromatic carbocycles. The third-order valence-corrected chi connectivity index (χ3v) is 7.89. The number of aromatic nitrogens is 3. The molecular weight excluding hydrogens is 549 g/mol. The van der Waals surface area contributed by atoms with Gasteiger partial charge in [-0.05, 0) is 66.9 Å². The monoisotopic (exact) mass is 583 g/mol. The van der Waals surface area contributed by atoms with Gasteiger partial charge in [-0.25, -0.2) is 14.4 Å². The third kappa shape index (κ3) is 6.58. The molecule has 2 fully saturated rings. The Bertz CT molecular complexity index is 1630. The lowest BCUT2D eigenvalue weighted by molar-refractivity contribution is -0.117. The lowest BCUT2D eigenvalue weighted by atomic mass is 10.0. The van der Waals surface area contributed by atoms with Gasteiger partial charge in [-0.15, -0.1) is 0 Å². The SMILES string of the molecule is C=CC(=O)N[C@@H]1CCCN(Cc2ccc(F)c(C(=O)Nc3ccc(-c4cc5c(N6CCOCC6)ncnc5[nH]4)cc3)c2)C1. The highest BCUT2D eigenvalue weighted by Gasteiger charge is 2.22. The molecule has 0 unspecified atom stereocenters. The highest BCUT2D eigenvalue weighted by Crippen LogP contribution is 2.30. The van der Waals surface area contributed by atoms with Gasteiger partial charge in [0.1, 0.15) is 23.6 Å². The van der Waals surface area contributed by atoms with Gasteiger partial charge >= 0.3 is 0 Å². The molecule has 4 heterocycles. The molecule has 2 aromatic heterocycles. The Hall–Kier alpha value is -4.61. The van der Waals surface area contributed by atoms with Crippen molar-refractivity contribution < 1.29 is 18.7 Å². The smallest absolute Gasteiger partial charge is 0.258 e. The van der Waals surface area contributed by atoms with E-state index in [4.69, 9.17) is 4.74 Å². The number of benzene rings is 2. The first-order chi connectivity index (χ1) is 21.0. The Labute approximate surface area is 249 Å². The summed E-state index contributed by atoms with van der Waals surface area (Å²) >= 11 is 0. The van der Waals surface area contributed by atoms with Crippen molar-refractivity contribution in [3.05, 3.63) is 84.5 Å². The van der Waals surface area contributed by atoms with E-state index < -0.39 is 11.7 Å². The fraction of sp³-hybridized carbons (Fsp3) is 0.312. The van der Waals surface area contributed by atoms with Gasteiger partial charge < -0.3 is 25.3 Å². The first-order valence-corrected chi connectivity index (χ1v) is 14.5. The Morgan fingerprint density at radius 3 is 2.70 bits per heavy atom. The second kappa shape index (κ2) is 12.7. The predicted octanol–water partition coefficient (Wildman–Crippen LogP) is 4.12. The molecule has 0 radical (unpaired) electrons. The number of rotatable bonds is 8. The summed E-state index contributed by atoms with van der Waals surface area (Å²) in [6.07, 6.45) is 4.67. The van der Waals surface area contributed by atoms with Crippen molar-refractivity contribution in [2.45, 2.75) is 25.4 Å². The maximum atomic E-state index is 14.7. The molecule has 11 heteroatoms. The molecule has 0 spiro atoms. The Morgan fingerprint density at radius 1 is 1.09 bits per heavy atom. The van der Waals surface area contributed by atoms with Crippen LogP contribution in [0.25, 0.3) is 22.3 Å². The summed E-state index contributed by atoms with van der Waals surface area (Å²) in [4.78, 5) is 41.5. The number of H-pyrrole nitrogens is 1. The van der Waals surface area contributed by atoms with E-state index in [1.165, 1.54) is 12.1 Å². The molecule has 2 saturated heterocycles. The van der Waals surface area contributed by atoms with Crippen molar-refractivity contribution in [2.75, 3.05) is 49.6 Å². The van der Waals surface area contributed by atoms with Crippen LogP contribution in [0.15, 0.2) is 67.5 Å². The number of morpholine rings is 1. The van der Waals surface area contributed by atoms with Gasteiger partial charge in [0.05, 0.1) is 24.2 Å². The van der Waals surface area contributed by atoms with Crippen molar-refractivity contribution in [1.82, 2.24) is 25.2 Å². The summed E-state index contributed by atoms with van der Waals surface area (Å²) in [5.74, 6) is -0.404. The van der Waals surface area contributed by atoms with E-state index in [2.05, 4.69) is 42.0 Å². The lowest BCUT2D eigenvalue weighted by Gasteiger charge is -2.33. The van der Waals surface area contributed by atoms with Crippen molar-refractivity contribution >= 4 is 34.4 Å². The van der Waals surface area contributed by atoms with Crippen LogP contribution in [-0.4, -0.2) is 77.1 Å². The van der Waals surface area contributed by atoms with Crippen LogP contribution in [0, 0.1) is 5.82 Å². The van der Waals surface area contributed by atoms with Gasteiger partial charge in [-0.1, -0.05) is 24.8 Å². The molecule has 2 aliphatic heterocycles. The Balaban J connectivity index is 1.12. The Kier molecular flexibility index (Phi) is 8.43. The number of hydrogen-bond donors (Lipinski definition) is 3. The van der Waals surface area contributed by atoms with Crippen LogP contribution < -0.4 is 15.5 Å². The number of fused-ring (bicyclic) bond motifs is 1. The average Bonchev–Trinajstić information content (AvgIpc) is 3.47. The maximum absolute atomic E-state index is 14.7. The number of nitrogens with one attached hydrogen (secondary N) is 3. The molecular formula is C32H34FN7O3. The molecule has 3 N–H and O–H groups in total. The molecule has 2 amide bonds. The zero-order valence-corrected chi connectivity index (χ0v) is 23.8. The van der Waals surface area contributed by atoms with E-state index >= 15 is 0 Å². The van der Waals surface area contributed by atoms with E-state index in [0.29, 0.717) is 32.0 Å². The molecule has 222 valence electrons. The topological polar surface area (TPSA) is 115 Å². The number of halogens is 1. The first kappa shape index (κ1) is 28.5. The second-order valence-electron chi connectivity index (χ2n) is 10.9. The summed E-state index contributed by atoms with van der Waals surface area (Å²) in [6, 6.07) is 14.1. The van der Waals surface area contributed by atoms with Crippen LogP contribution in [-0.2, 0) is 16.1 Å². The van der Waals surface area contributed by atoms with Gasteiger partial charge in [-0.3, -0.25) is 14.5 Å². The normalized spacial score (nSPS) is 17.5. The van der Waals surface area contributed by atoms with E-state index in [1.54, 1.807) is 30.6 Å². The zero-order chi connectivity index (χ0) is 29.8. The van der Waals surface area contributed by atoms with Crippen molar-refractivity contribution in [3.63, 3.8) is 0 Å². The van der Waals surface area contributed by atoms with Crippen LogP contribution in [0.2, 0.25) is 0 Å². The average molecular weight is 584 g/mol. The number of nitrogens with zero attached hydrogens (tertiary/aromatic N) is 4. The first-order valence-electron chi connectivity index (χ1n) is 14.5. The number of anilines is 2. The minimum Gasteiger partial charge on any atom is -0.378 e. The van der Waals surface area contributed by atoms with E-state index in [9.17, 15) is 14.0 Å². The number of piperidine rings is 1. The highest BCUT2D eigenvalue weighted by atomic mass is 19.1. The molecule has 10 nitrogen and oxygen atoms in total. The minimum absolute atomic E-state index is 0.0140. The second-order valence-corrected chi connectivity index (χ2v) is 10.9. The van der Waals surface area contributed by atoms with Crippen molar-refractivity contribution in [3.8, 4) is 11.3 Å². The quantitative estimate of drug-likeness (QED) is 0.267. The number of carbonyl (C=O) groups excluding carboxylic acids is 2. The molecule has 2 aliphatic rings. The largest absolute Gasteiger partial charge is 0.378 e. The molecule has 43 heavy (non-hydrogen) atoms. The number of aromatic amines is 1. The van der Waals surface area contributed by atoms with Gasteiger partial charge in [0, 0.05) is 43.6 Å². The molecule has 0 aliphatic carbocycles. The standard InChI is InChI=1S/C32H34FN7O3/c1-2-29(41)36-24-4-3-11-39(19-24)18-21-5-10-27(33)25(16-21)32(42)37-23-8-6-22(7-9-23)28-17-26-30(38-28)34-20-35-31(26)40-12-14-43-15-13-40/h2,5-10,16-17,20,24H,1,3-4,11-15,18-19H2,(H,36,41)(H,37,42)(H,34,35,38)/t24-/m1/s1. The number of amides is 2. The number of hydrogen-bond acceptors (Lipinski definition) is 7. The summed E-state index contributed by atoms with van der Waals surface area (Å²) in [5, 5.41) is 6.71. The van der Waals surface area contributed by atoms with Gasteiger partial charge in [0.25, 0.3) is 5.91 Å². The number of likely N-dealkylation sites (tertiary alicyclic amines) is 1. The van der Waals surface area contributed by atoms with Crippen LogP contribution in [0.4, 0.5) is 15.9 Å². The van der Waals surface area contributed by atoms with Gasteiger partial charge in [0.15, 0.2) is 0 Å². The fourth-order valence-electron chi connectivity index (χ4n) is 5.72. The molecule has 6 rings (SSSR count). The predicted molar refractivity (Wildman–Crippen MR) is 163 cm³/mol. The van der Waals surface area contributed by atoms with E-state index in [0.717, 1.165) is 66.1 Å².